The van der Waals surface area contributed by atoms with E-state index in [0.717, 1.165) is 10.4 Å². The largest absolute Gasteiger partial charge is 0.342 e. The number of nitrogens with one attached hydrogen (secondary N) is 1. The molecule has 1 fully saturated rings. The molecular weight excluding hydrogens is 529 g/mol. The molecule has 0 spiro atoms. The Balaban J connectivity index is 2.00. The fourth-order valence-electron chi connectivity index (χ4n) is 4.02. The number of carbonyl (C=O) groups excluding carboxylic acids is 1. The van der Waals surface area contributed by atoms with Gasteiger partial charge in [-0.05, 0) is 44.9 Å². The van der Waals surface area contributed by atoms with Crippen molar-refractivity contribution in [3.05, 3.63) is 62.1 Å². The topological polar surface area (TPSA) is 125 Å². The van der Waals surface area contributed by atoms with E-state index in [2.05, 4.69) is 10.5 Å². The molecule has 36 heavy (non-hydrogen) atoms. The van der Waals surface area contributed by atoms with E-state index < -0.39 is 26.7 Å². The van der Waals surface area contributed by atoms with Crippen molar-refractivity contribution in [3.63, 3.8) is 0 Å². The van der Waals surface area contributed by atoms with Gasteiger partial charge in [0.25, 0.3) is 5.69 Å². The summed E-state index contributed by atoms with van der Waals surface area (Å²) in [7, 11) is -4.30. The molecule has 1 aliphatic rings. The molecule has 10 nitrogen and oxygen atoms in total. The summed E-state index contributed by atoms with van der Waals surface area (Å²) in [6, 6.07) is 7.36. The zero-order valence-electron chi connectivity index (χ0n) is 19.9. The van der Waals surface area contributed by atoms with Crippen molar-refractivity contribution >= 4 is 56.7 Å². The van der Waals surface area contributed by atoms with Gasteiger partial charge in [-0.1, -0.05) is 35.7 Å². The summed E-state index contributed by atoms with van der Waals surface area (Å²) in [5, 5.41) is 16.3. The smallest absolute Gasteiger partial charge is 0.270 e. The first-order chi connectivity index (χ1) is 17.1. The Bertz CT molecular complexity index is 1270. The van der Waals surface area contributed by atoms with Crippen LogP contribution < -0.4 is 5.43 Å². The van der Waals surface area contributed by atoms with Crippen molar-refractivity contribution < 1.29 is 18.1 Å². The lowest BCUT2D eigenvalue weighted by Gasteiger charge is -2.36. The average Bonchev–Trinajstić information content (AvgIpc) is 2.86. The van der Waals surface area contributed by atoms with Crippen molar-refractivity contribution in [1.82, 2.24) is 9.21 Å². The van der Waals surface area contributed by atoms with Crippen LogP contribution in [0.15, 0.2) is 46.4 Å². The number of amides is 1. The Morgan fingerprint density at radius 3 is 2.58 bits per heavy atom. The van der Waals surface area contributed by atoms with E-state index >= 15 is 0 Å². The van der Waals surface area contributed by atoms with Crippen LogP contribution in [-0.2, 0) is 14.8 Å². The molecule has 2 aromatic rings. The van der Waals surface area contributed by atoms with Gasteiger partial charge in [-0.15, -0.1) is 0 Å². The Labute approximate surface area is 220 Å². The van der Waals surface area contributed by atoms with Crippen LogP contribution in [0.25, 0.3) is 0 Å². The van der Waals surface area contributed by atoms with Crippen molar-refractivity contribution in [1.29, 1.82) is 0 Å². The van der Waals surface area contributed by atoms with Gasteiger partial charge in [0.1, 0.15) is 10.9 Å². The summed E-state index contributed by atoms with van der Waals surface area (Å²) >= 11 is 12.1. The first-order valence-electron chi connectivity index (χ1n) is 11.4. The van der Waals surface area contributed by atoms with E-state index in [4.69, 9.17) is 23.2 Å². The molecule has 3 rings (SSSR count). The van der Waals surface area contributed by atoms with Gasteiger partial charge in [0.05, 0.1) is 21.8 Å². The van der Waals surface area contributed by atoms with Crippen LogP contribution in [0.3, 0.4) is 0 Å². The molecule has 194 valence electrons. The van der Waals surface area contributed by atoms with Crippen LogP contribution in [-0.4, -0.2) is 60.3 Å². The summed E-state index contributed by atoms with van der Waals surface area (Å²) < 4.78 is 28.8. The number of benzene rings is 2. The highest BCUT2D eigenvalue weighted by Gasteiger charge is 2.40. The van der Waals surface area contributed by atoms with Gasteiger partial charge >= 0.3 is 0 Å². The van der Waals surface area contributed by atoms with Gasteiger partial charge in [-0.3, -0.25) is 20.3 Å². The molecule has 1 saturated heterocycles. The number of nitro groups is 1. The zero-order valence-corrected chi connectivity index (χ0v) is 22.2. The van der Waals surface area contributed by atoms with Crippen LogP contribution in [0.1, 0.15) is 38.7 Å². The lowest BCUT2D eigenvalue weighted by atomic mass is 10.0. The predicted molar refractivity (Wildman–Crippen MR) is 140 cm³/mol. The maximum absolute atomic E-state index is 13.8. The predicted octanol–water partition coefficient (Wildman–Crippen LogP) is 4.76. The second-order valence-electron chi connectivity index (χ2n) is 8.11. The normalized spacial score (nSPS) is 16.7. The van der Waals surface area contributed by atoms with Crippen molar-refractivity contribution in [2.45, 2.75) is 44.0 Å². The minimum atomic E-state index is -4.30. The fraction of sp³-hybridized carbons (Fsp3) is 0.391. The molecule has 1 amide bonds. The summed E-state index contributed by atoms with van der Waals surface area (Å²) in [5.74, 6) is -0.279. The zero-order chi connectivity index (χ0) is 26.5. The van der Waals surface area contributed by atoms with Crippen molar-refractivity contribution in [2.75, 3.05) is 25.1 Å². The molecule has 0 bridgehead atoms. The molecule has 13 heteroatoms. The summed E-state index contributed by atoms with van der Waals surface area (Å²) in [6.07, 6.45) is 3.03. The molecule has 1 N–H and O–H groups in total. The first kappa shape index (κ1) is 27.9. The fourth-order valence-corrected chi connectivity index (χ4v) is 6.29. The molecule has 0 saturated carbocycles. The number of halogens is 2. The number of hydrazone groups is 1. The molecule has 0 aliphatic carbocycles. The number of carbonyl (C=O) groups is 1. The van der Waals surface area contributed by atoms with E-state index in [1.54, 1.807) is 17.0 Å². The molecule has 0 aromatic heterocycles. The number of sulfonamides is 1. The second kappa shape index (κ2) is 12.0. The van der Waals surface area contributed by atoms with Crippen LogP contribution in [0.2, 0.25) is 10.0 Å². The lowest BCUT2D eigenvalue weighted by molar-refractivity contribution is -0.385. The van der Waals surface area contributed by atoms with Crippen LogP contribution in [0.5, 0.6) is 0 Å². The van der Waals surface area contributed by atoms with Crippen LogP contribution in [0.4, 0.5) is 11.4 Å². The summed E-state index contributed by atoms with van der Waals surface area (Å²) in [5.41, 5.74) is 2.82. The standard InChI is InChI=1S/C23H27Cl2N5O5S/c1-3-28(4-2)23(31)21-7-5-6-12-29(21)36(34,35)22-14-18(30(32)33)10-11-20(22)27-26-15-16-8-9-17(24)13-19(16)25/h8-11,13-15,21,27H,3-7,12H2,1-2H3. The van der Waals surface area contributed by atoms with Crippen LogP contribution >= 0.6 is 23.2 Å². The van der Waals surface area contributed by atoms with E-state index in [0.29, 0.717) is 48.0 Å². The number of nitrogens with zero attached hydrogens (tertiary/aromatic N) is 4. The second-order valence-corrected chi connectivity index (χ2v) is 10.8. The average molecular weight is 556 g/mol. The highest BCUT2D eigenvalue weighted by Crippen LogP contribution is 2.33. The van der Waals surface area contributed by atoms with E-state index in [1.807, 2.05) is 13.8 Å². The van der Waals surface area contributed by atoms with Gasteiger partial charge in [-0.25, -0.2) is 8.42 Å². The van der Waals surface area contributed by atoms with E-state index in [1.165, 1.54) is 24.4 Å². The summed E-state index contributed by atoms with van der Waals surface area (Å²) in [4.78, 5) is 25.2. The highest BCUT2D eigenvalue weighted by molar-refractivity contribution is 7.89. The molecule has 2 aromatic carbocycles. The Hall–Kier alpha value is -2.73. The molecule has 1 aliphatic heterocycles. The maximum Gasteiger partial charge on any atom is 0.270 e. The molecule has 1 atom stereocenters. The number of anilines is 1. The first-order valence-corrected chi connectivity index (χ1v) is 13.6. The lowest BCUT2D eigenvalue weighted by Crippen LogP contribution is -2.52. The molecular formula is C23H27Cl2N5O5S. The molecule has 1 heterocycles. The van der Waals surface area contributed by atoms with Gasteiger partial charge in [0, 0.05) is 42.4 Å². The van der Waals surface area contributed by atoms with Crippen LogP contribution in [0, 0.1) is 10.1 Å². The van der Waals surface area contributed by atoms with Gasteiger partial charge in [0.15, 0.2) is 0 Å². The van der Waals surface area contributed by atoms with E-state index in [-0.39, 0.29) is 23.0 Å². The number of rotatable bonds is 9. The number of nitro benzene ring substituents is 1. The third-order valence-electron chi connectivity index (χ3n) is 5.93. The quantitative estimate of drug-likeness (QED) is 0.270. The molecule has 1 unspecified atom stereocenters. The number of non-ortho nitro benzene ring substituents is 1. The maximum atomic E-state index is 13.8. The third-order valence-corrected chi connectivity index (χ3v) is 8.44. The molecule has 0 radical (unpaired) electrons. The number of hydrogen-bond donors (Lipinski definition) is 1. The SMILES string of the molecule is CCN(CC)C(=O)C1CCCCN1S(=O)(=O)c1cc([N+](=O)[O-])ccc1NN=Cc1ccc(Cl)cc1Cl. The Kier molecular flexibility index (Phi) is 9.29. The van der Waals surface area contributed by atoms with Gasteiger partial charge in [0.2, 0.25) is 15.9 Å². The number of likely N-dealkylation sites (N-methyl/N-ethyl adjacent to an activating group) is 1. The minimum Gasteiger partial charge on any atom is -0.342 e. The Morgan fingerprint density at radius 2 is 1.94 bits per heavy atom. The summed E-state index contributed by atoms with van der Waals surface area (Å²) in [6.45, 7) is 4.69. The van der Waals surface area contributed by atoms with E-state index in [9.17, 15) is 23.3 Å². The highest BCUT2D eigenvalue weighted by atomic mass is 35.5. The third kappa shape index (κ3) is 6.15. The number of hydrogen-bond acceptors (Lipinski definition) is 7. The van der Waals surface area contributed by atoms with Crippen molar-refractivity contribution in [2.24, 2.45) is 5.10 Å². The number of piperidine rings is 1. The monoisotopic (exact) mass is 555 g/mol. The van der Waals surface area contributed by atoms with Gasteiger partial charge < -0.3 is 4.90 Å². The van der Waals surface area contributed by atoms with Crippen molar-refractivity contribution in [3.8, 4) is 0 Å². The minimum absolute atomic E-state index is 0.0292. The van der Waals surface area contributed by atoms with Gasteiger partial charge in [-0.2, -0.15) is 9.41 Å². The Morgan fingerprint density at radius 1 is 1.22 bits per heavy atom.